The van der Waals surface area contributed by atoms with E-state index in [9.17, 15) is 12.8 Å². The van der Waals surface area contributed by atoms with Crippen molar-refractivity contribution in [2.45, 2.75) is 17.9 Å². The Kier molecular flexibility index (Phi) is 6.79. The average Bonchev–Trinajstić information content (AvgIpc) is 3.47. The molecule has 0 spiro atoms. The SMILES string of the molecule is CNCc1cc(-c2ccccc2F)n(S(=O)(=O)c2cccc(-c3ccc4c(c3)CCO4)c2)c1.Cl. The van der Waals surface area contributed by atoms with E-state index >= 15 is 0 Å². The third kappa shape index (κ3) is 4.34. The third-order valence-corrected chi connectivity index (χ3v) is 7.46. The molecule has 0 radical (unpaired) electrons. The third-order valence-electron chi connectivity index (χ3n) is 5.79. The van der Waals surface area contributed by atoms with Gasteiger partial charge < -0.3 is 10.1 Å². The van der Waals surface area contributed by atoms with E-state index in [1.165, 1.54) is 10.0 Å². The first kappa shape index (κ1) is 24.0. The molecule has 1 aliphatic heterocycles. The van der Waals surface area contributed by atoms with Crippen LogP contribution in [0.5, 0.6) is 5.75 Å². The Morgan fingerprint density at radius 3 is 2.59 bits per heavy atom. The summed E-state index contributed by atoms with van der Waals surface area (Å²) in [4.78, 5) is 0.140. The molecule has 0 aliphatic carbocycles. The molecule has 5 rings (SSSR count). The first-order valence-electron chi connectivity index (χ1n) is 10.7. The maximum Gasteiger partial charge on any atom is 0.268 e. The number of hydrogen-bond acceptors (Lipinski definition) is 4. The highest BCUT2D eigenvalue weighted by molar-refractivity contribution is 7.90. The van der Waals surface area contributed by atoms with Crippen molar-refractivity contribution in [2.24, 2.45) is 0 Å². The van der Waals surface area contributed by atoms with Crippen molar-refractivity contribution in [3.05, 3.63) is 95.9 Å². The molecule has 1 aromatic heterocycles. The first-order valence-corrected chi connectivity index (χ1v) is 12.1. The van der Waals surface area contributed by atoms with Crippen molar-refractivity contribution in [1.82, 2.24) is 9.29 Å². The molecule has 4 aromatic rings. The van der Waals surface area contributed by atoms with Crippen LogP contribution in [-0.2, 0) is 23.0 Å². The fourth-order valence-corrected chi connectivity index (χ4v) is 5.62. The Hall–Kier alpha value is -3.13. The van der Waals surface area contributed by atoms with Gasteiger partial charge in [-0.05, 0) is 71.8 Å². The van der Waals surface area contributed by atoms with Crippen LogP contribution in [0, 0.1) is 5.82 Å². The van der Waals surface area contributed by atoms with E-state index in [1.54, 1.807) is 55.7 Å². The second-order valence-electron chi connectivity index (χ2n) is 7.99. The van der Waals surface area contributed by atoms with Gasteiger partial charge in [-0.3, -0.25) is 0 Å². The average molecular weight is 499 g/mol. The molecule has 0 amide bonds. The van der Waals surface area contributed by atoms with Crippen LogP contribution >= 0.6 is 12.4 Å². The smallest absolute Gasteiger partial charge is 0.268 e. The van der Waals surface area contributed by atoms with Crippen LogP contribution < -0.4 is 10.1 Å². The topological polar surface area (TPSA) is 60.3 Å². The largest absolute Gasteiger partial charge is 0.493 e. The van der Waals surface area contributed by atoms with Crippen molar-refractivity contribution in [1.29, 1.82) is 0 Å². The van der Waals surface area contributed by atoms with Gasteiger partial charge in [0, 0.05) is 24.7 Å². The molecular formula is C26H24ClFN2O3S. The Balaban J connectivity index is 0.00000274. The van der Waals surface area contributed by atoms with E-state index < -0.39 is 15.8 Å². The number of nitrogens with zero attached hydrogens (tertiary/aromatic N) is 1. The van der Waals surface area contributed by atoms with E-state index in [4.69, 9.17) is 4.74 Å². The monoisotopic (exact) mass is 498 g/mol. The van der Waals surface area contributed by atoms with Crippen LogP contribution in [0.25, 0.3) is 22.4 Å². The van der Waals surface area contributed by atoms with E-state index in [0.717, 1.165) is 34.4 Å². The standard InChI is InChI=1S/C26H23FN2O3S.ClH/c1-28-16-18-13-25(23-7-2-3-8-24(23)27)29(17-18)33(30,31)22-6-4-5-19(15-22)20-9-10-26-21(14-20)11-12-32-26;/h2-10,13-15,17,28H,11-12,16H2,1H3;1H. The van der Waals surface area contributed by atoms with Crippen LogP contribution in [0.1, 0.15) is 11.1 Å². The molecule has 0 unspecified atom stereocenters. The number of aromatic nitrogens is 1. The maximum atomic E-state index is 14.6. The van der Waals surface area contributed by atoms with Gasteiger partial charge in [-0.15, -0.1) is 12.4 Å². The molecule has 0 saturated heterocycles. The minimum Gasteiger partial charge on any atom is -0.493 e. The number of ether oxygens (including phenoxy) is 1. The summed E-state index contributed by atoms with van der Waals surface area (Å²) in [6, 6.07) is 20.6. The van der Waals surface area contributed by atoms with Gasteiger partial charge in [0.25, 0.3) is 10.0 Å². The number of benzene rings is 3. The molecule has 3 aromatic carbocycles. The highest BCUT2D eigenvalue weighted by Gasteiger charge is 2.24. The lowest BCUT2D eigenvalue weighted by Crippen LogP contribution is -2.14. The van der Waals surface area contributed by atoms with Crippen molar-refractivity contribution in [2.75, 3.05) is 13.7 Å². The van der Waals surface area contributed by atoms with Gasteiger partial charge in [-0.2, -0.15) is 0 Å². The normalized spacial score (nSPS) is 12.6. The van der Waals surface area contributed by atoms with Gasteiger partial charge in [0.15, 0.2) is 0 Å². The van der Waals surface area contributed by atoms with Gasteiger partial charge in [0.2, 0.25) is 0 Å². The molecule has 5 nitrogen and oxygen atoms in total. The molecular weight excluding hydrogens is 475 g/mol. The summed E-state index contributed by atoms with van der Waals surface area (Å²) in [6.45, 7) is 1.12. The second-order valence-corrected chi connectivity index (χ2v) is 9.81. The zero-order chi connectivity index (χ0) is 23.0. The lowest BCUT2D eigenvalue weighted by Gasteiger charge is -2.13. The fraction of sp³-hybridized carbons (Fsp3) is 0.154. The molecule has 2 heterocycles. The van der Waals surface area contributed by atoms with Crippen LogP contribution in [0.2, 0.25) is 0 Å². The van der Waals surface area contributed by atoms with Gasteiger partial charge in [-0.25, -0.2) is 16.8 Å². The van der Waals surface area contributed by atoms with E-state index in [-0.39, 0.29) is 22.9 Å². The lowest BCUT2D eigenvalue weighted by atomic mass is 10.0. The van der Waals surface area contributed by atoms with Crippen molar-refractivity contribution in [3.63, 3.8) is 0 Å². The Morgan fingerprint density at radius 1 is 1.00 bits per heavy atom. The van der Waals surface area contributed by atoms with Gasteiger partial charge in [0.1, 0.15) is 11.6 Å². The highest BCUT2D eigenvalue weighted by atomic mass is 35.5. The van der Waals surface area contributed by atoms with Gasteiger partial charge >= 0.3 is 0 Å². The summed E-state index contributed by atoms with van der Waals surface area (Å²) in [5, 5.41) is 3.02. The number of rotatable bonds is 6. The number of nitrogens with one attached hydrogen (secondary N) is 1. The molecule has 1 N–H and O–H groups in total. The summed E-state index contributed by atoms with van der Waals surface area (Å²) in [7, 11) is -2.20. The quantitative estimate of drug-likeness (QED) is 0.393. The van der Waals surface area contributed by atoms with Crippen molar-refractivity contribution in [3.8, 4) is 28.1 Å². The fourth-order valence-electron chi connectivity index (χ4n) is 4.18. The molecule has 176 valence electrons. The Bertz CT molecular complexity index is 1450. The predicted octanol–water partition coefficient (Wildman–Crippen LogP) is 5.27. The number of halogens is 2. The van der Waals surface area contributed by atoms with Crippen molar-refractivity contribution < 1.29 is 17.5 Å². The molecule has 0 saturated carbocycles. The summed E-state index contributed by atoms with van der Waals surface area (Å²) in [5.41, 5.74) is 4.10. The summed E-state index contributed by atoms with van der Waals surface area (Å²) >= 11 is 0. The van der Waals surface area contributed by atoms with E-state index in [0.29, 0.717) is 18.8 Å². The zero-order valence-corrected chi connectivity index (χ0v) is 20.1. The molecule has 0 atom stereocenters. The van der Waals surface area contributed by atoms with E-state index in [1.807, 2.05) is 24.3 Å². The summed E-state index contributed by atoms with van der Waals surface area (Å²) in [5.74, 6) is 0.402. The predicted molar refractivity (Wildman–Crippen MR) is 133 cm³/mol. The maximum absolute atomic E-state index is 14.6. The molecule has 34 heavy (non-hydrogen) atoms. The molecule has 0 bridgehead atoms. The van der Waals surface area contributed by atoms with Crippen LogP contribution in [-0.4, -0.2) is 26.0 Å². The summed E-state index contributed by atoms with van der Waals surface area (Å²) in [6.07, 6.45) is 2.39. The van der Waals surface area contributed by atoms with Gasteiger partial charge in [0.05, 0.1) is 17.2 Å². The van der Waals surface area contributed by atoms with Crippen LogP contribution in [0.15, 0.2) is 83.9 Å². The molecule has 0 fully saturated rings. The first-order chi connectivity index (χ1) is 16.0. The van der Waals surface area contributed by atoms with Gasteiger partial charge in [-0.1, -0.05) is 30.3 Å². The Morgan fingerprint density at radius 2 is 1.79 bits per heavy atom. The van der Waals surface area contributed by atoms with Crippen molar-refractivity contribution >= 4 is 22.4 Å². The zero-order valence-electron chi connectivity index (χ0n) is 18.5. The minimum atomic E-state index is -3.98. The molecule has 1 aliphatic rings. The Labute approximate surface area is 204 Å². The number of fused-ring (bicyclic) bond motifs is 1. The number of hydrogen-bond donors (Lipinski definition) is 1. The second kappa shape index (κ2) is 9.62. The van der Waals surface area contributed by atoms with Crippen LogP contribution in [0.3, 0.4) is 0 Å². The highest BCUT2D eigenvalue weighted by Crippen LogP contribution is 2.33. The lowest BCUT2D eigenvalue weighted by molar-refractivity contribution is 0.357. The van der Waals surface area contributed by atoms with Crippen LogP contribution in [0.4, 0.5) is 4.39 Å². The summed E-state index contributed by atoms with van der Waals surface area (Å²) < 4.78 is 48.8. The van der Waals surface area contributed by atoms with E-state index in [2.05, 4.69) is 5.32 Å². The molecule has 8 heteroatoms. The minimum absolute atomic E-state index is 0.